The van der Waals surface area contributed by atoms with Crippen molar-refractivity contribution < 1.29 is 63.5 Å². The summed E-state index contributed by atoms with van der Waals surface area (Å²) in [6.45, 7) is 17.3. The zero-order chi connectivity index (χ0) is 41.6. The Balaban J connectivity index is 0.973. The van der Waals surface area contributed by atoms with E-state index in [2.05, 4.69) is 33.8 Å². The fraction of sp³-hybridized carbons (Fsp3) is 0.933. The Labute approximate surface area is 344 Å². The van der Waals surface area contributed by atoms with Crippen molar-refractivity contribution in [3.8, 4) is 0 Å². The lowest BCUT2D eigenvalue weighted by atomic mass is 9.47. The van der Waals surface area contributed by atoms with Gasteiger partial charge in [-0.1, -0.05) is 60.1 Å². The number of fused-ring (bicyclic) bond motifs is 7. The van der Waals surface area contributed by atoms with Gasteiger partial charge in [0.2, 0.25) is 0 Å². The quantitative estimate of drug-likeness (QED) is 0.174. The Bertz CT molecular complexity index is 1510. The summed E-state index contributed by atoms with van der Waals surface area (Å²) >= 11 is 0. The molecule has 13 heteroatoms. The van der Waals surface area contributed by atoms with Gasteiger partial charge in [0.05, 0.1) is 30.8 Å². The summed E-state index contributed by atoms with van der Waals surface area (Å²) in [5.74, 6) is 2.04. The Morgan fingerprint density at radius 1 is 0.862 bits per heavy atom. The molecule has 330 valence electrons. The van der Waals surface area contributed by atoms with Gasteiger partial charge in [-0.2, -0.15) is 0 Å². The standard InChI is InChI=1S/C45H72O13/c1-21(2)23(4)40(51)52-20-32-35(47)37(49)39(57-41-38(50)36(48)34(46)25(6)54-41)42(56-32)55-27-12-14-43(7)26(17-27)9-10-28-29(43)13-15-44(8)30(28)18-31-33(44)24(5)45(58-31)16-11-22(3)19-53-45/h9,21-25,27-39,41-42,46-50H,10-20H2,1-8H3/t22-,23+,24+,25?,27+,28-,29+,30+,31+,32?,33+,34+,35-,36+,37+,38?,39?,41+,42-,43+,44+,45-/m1/s1. The smallest absolute Gasteiger partial charge is 0.309 e. The summed E-state index contributed by atoms with van der Waals surface area (Å²) in [7, 11) is 0. The average Bonchev–Trinajstić information content (AvgIpc) is 3.64. The van der Waals surface area contributed by atoms with Gasteiger partial charge in [-0.05, 0) is 105 Å². The Morgan fingerprint density at radius 3 is 2.33 bits per heavy atom. The number of aliphatic hydroxyl groups is 5. The van der Waals surface area contributed by atoms with Crippen LogP contribution in [0.3, 0.4) is 0 Å². The molecule has 13 nitrogen and oxygen atoms in total. The maximum absolute atomic E-state index is 12.8. The third-order valence-corrected chi connectivity index (χ3v) is 17.2. The van der Waals surface area contributed by atoms with Crippen molar-refractivity contribution in [3.05, 3.63) is 11.6 Å². The fourth-order valence-corrected chi connectivity index (χ4v) is 13.1. The molecule has 8 rings (SSSR count). The summed E-state index contributed by atoms with van der Waals surface area (Å²) in [6, 6.07) is 0. The lowest BCUT2D eigenvalue weighted by Crippen LogP contribution is -2.64. The predicted molar refractivity (Wildman–Crippen MR) is 209 cm³/mol. The van der Waals surface area contributed by atoms with Crippen molar-refractivity contribution in [2.24, 2.45) is 58.2 Å². The molecule has 58 heavy (non-hydrogen) atoms. The third-order valence-electron chi connectivity index (χ3n) is 17.2. The molecule has 4 aliphatic heterocycles. The van der Waals surface area contributed by atoms with Crippen molar-refractivity contribution in [1.82, 2.24) is 0 Å². The van der Waals surface area contributed by atoms with Gasteiger partial charge in [-0.25, -0.2) is 0 Å². The maximum Gasteiger partial charge on any atom is 0.309 e. The monoisotopic (exact) mass is 820 g/mol. The van der Waals surface area contributed by atoms with Crippen LogP contribution < -0.4 is 0 Å². The number of allylic oxidation sites excluding steroid dienone is 1. The lowest BCUT2D eigenvalue weighted by Gasteiger charge is -2.58. The van der Waals surface area contributed by atoms with E-state index in [1.165, 1.54) is 25.3 Å². The molecule has 3 saturated carbocycles. The first-order valence-electron chi connectivity index (χ1n) is 22.6. The number of hydrogen-bond acceptors (Lipinski definition) is 13. The third kappa shape index (κ3) is 7.25. The minimum absolute atomic E-state index is 0.0220. The second-order valence-corrected chi connectivity index (χ2v) is 20.7. The predicted octanol–water partition coefficient (Wildman–Crippen LogP) is 4.23. The number of rotatable bonds is 8. The minimum atomic E-state index is -1.64. The van der Waals surface area contributed by atoms with Crippen LogP contribution in [-0.2, 0) is 38.0 Å². The van der Waals surface area contributed by atoms with E-state index >= 15 is 0 Å². The summed E-state index contributed by atoms with van der Waals surface area (Å²) in [5, 5.41) is 54.3. The van der Waals surface area contributed by atoms with E-state index in [1.807, 2.05) is 13.8 Å². The summed E-state index contributed by atoms with van der Waals surface area (Å²) in [5.41, 5.74) is 1.63. The number of carbonyl (C=O) groups excluding carboxylic acids is 1. The van der Waals surface area contributed by atoms with Gasteiger partial charge in [0, 0.05) is 12.3 Å². The largest absolute Gasteiger partial charge is 0.463 e. The molecule has 0 aromatic carbocycles. The van der Waals surface area contributed by atoms with E-state index < -0.39 is 73.2 Å². The molecule has 0 bridgehead atoms. The Morgan fingerprint density at radius 2 is 1.62 bits per heavy atom. The highest BCUT2D eigenvalue weighted by atomic mass is 16.8. The molecule has 22 atom stereocenters. The summed E-state index contributed by atoms with van der Waals surface area (Å²) in [4.78, 5) is 12.8. The fourth-order valence-electron chi connectivity index (χ4n) is 13.1. The topological polar surface area (TPSA) is 183 Å². The van der Waals surface area contributed by atoms with Crippen molar-refractivity contribution in [3.63, 3.8) is 0 Å². The van der Waals surface area contributed by atoms with Crippen LogP contribution in [0.1, 0.15) is 113 Å². The molecule has 0 amide bonds. The van der Waals surface area contributed by atoms with Crippen LogP contribution >= 0.6 is 0 Å². The SMILES string of the molecule is CC(C)[C@H](C)C(=O)OCC1O[C@@H](O[C@H]2CC[C@@]3(C)C(=CC[C@H]4[C@@H]5C[C@@H]6O[C@]7(CC[C@@H](C)CO7)[C@@H](C)[C@@H]6[C@@]5(C)CC[C@@H]43)C2)C(O[C@@H]2OC(C)[C@H](O)[C@H](O)C2O)[C@@H](O)[C@@H]1O. The van der Waals surface area contributed by atoms with Gasteiger partial charge in [-0.3, -0.25) is 4.79 Å². The van der Waals surface area contributed by atoms with Crippen LogP contribution in [0, 0.1) is 58.2 Å². The maximum atomic E-state index is 12.8. The van der Waals surface area contributed by atoms with Crippen LogP contribution in [0.2, 0.25) is 0 Å². The van der Waals surface area contributed by atoms with Gasteiger partial charge < -0.3 is 58.7 Å². The van der Waals surface area contributed by atoms with Crippen LogP contribution in [0.25, 0.3) is 0 Å². The molecule has 4 heterocycles. The van der Waals surface area contributed by atoms with E-state index in [9.17, 15) is 30.3 Å². The highest BCUT2D eigenvalue weighted by Crippen LogP contribution is 2.70. The summed E-state index contributed by atoms with van der Waals surface area (Å²) in [6.07, 6.45) is -2.26. The molecule has 0 aromatic heterocycles. The molecule has 4 unspecified atom stereocenters. The normalized spacial score (nSPS) is 53.3. The Kier molecular flexibility index (Phi) is 12.1. The molecule has 8 aliphatic rings. The van der Waals surface area contributed by atoms with E-state index in [0.29, 0.717) is 41.9 Å². The van der Waals surface area contributed by atoms with E-state index in [-0.39, 0.29) is 41.5 Å². The molecule has 4 saturated heterocycles. The average molecular weight is 821 g/mol. The Hall–Kier alpha value is -1.23. The van der Waals surface area contributed by atoms with Gasteiger partial charge in [0.25, 0.3) is 0 Å². The second kappa shape index (κ2) is 16.2. The second-order valence-electron chi connectivity index (χ2n) is 20.7. The van der Waals surface area contributed by atoms with Crippen LogP contribution in [0.15, 0.2) is 11.6 Å². The van der Waals surface area contributed by atoms with E-state index in [0.717, 1.165) is 45.1 Å². The number of esters is 1. The van der Waals surface area contributed by atoms with Crippen molar-refractivity contribution in [2.75, 3.05) is 13.2 Å². The van der Waals surface area contributed by atoms with Crippen molar-refractivity contribution in [1.29, 1.82) is 0 Å². The number of aliphatic hydroxyl groups excluding tert-OH is 5. The molecule has 1 spiro atoms. The number of carbonyl (C=O) groups is 1. The molecule has 0 aromatic rings. The zero-order valence-electron chi connectivity index (χ0n) is 35.9. The lowest BCUT2D eigenvalue weighted by molar-refractivity contribution is -0.370. The molecule has 5 N–H and O–H groups in total. The first kappa shape index (κ1) is 43.4. The van der Waals surface area contributed by atoms with E-state index in [4.69, 9.17) is 33.2 Å². The highest BCUT2D eigenvalue weighted by Gasteiger charge is 2.69. The first-order chi connectivity index (χ1) is 27.4. The van der Waals surface area contributed by atoms with Gasteiger partial charge in [0.1, 0.15) is 49.3 Å². The van der Waals surface area contributed by atoms with Crippen LogP contribution in [-0.4, -0.2) is 124 Å². The molecule has 7 fully saturated rings. The molecule has 4 aliphatic carbocycles. The summed E-state index contributed by atoms with van der Waals surface area (Å²) < 4.78 is 43.9. The van der Waals surface area contributed by atoms with Crippen molar-refractivity contribution in [2.45, 2.75) is 193 Å². The number of hydrogen-bond donors (Lipinski definition) is 5. The zero-order valence-corrected chi connectivity index (χ0v) is 35.9. The first-order valence-corrected chi connectivity index (χ1v) is 22.6. The minimum Gasteiger partial charge on any atom is -0.463 e. The van der Waals surface area contributed by atoms with Crippen molar-refractivity contribution >= 4 is 5.97 Å². The molecule has 0 radical (unpaired) electrons. The molecular weight excluding hydrogens is 748 g/mol. The van der Waals surface area contributed by atoms with Gasteiger partial charge >= 0.3 is 5.97 Å². The van der Waals surface area contributed by atoms with Gasteiger partial charge in [0.15, 0.2) is 18.4 Å². The molecular formula is C45H72O13. The highest BCUT2D eigenvalue weighted by molar-refractivity contribution is 5.72. The number of ether oxygens (including phenoxy) is 7. The van der Waals surface area contributed by atoms with Crippen LogP contribution in [0.5, 0.6) is 0 Å². The van der Waals surface area contributed by atoms with Crippen LogP contribution in [0.4, 0.5) is 0 Å². The van der Waals surface area contributed by atoms with E-state index in [1.54, 1.807) is 6.92 Å². The van der Waals surface area contributed by atoms with Gasteiger partial charge in [-0.15, -0.1) is 0 Å².